The fourth-order valence-electron chi connectivity index (χ4n) is 1.86. The van der Waals surface area contributed by atoms with Gasteiger partial charge in [-0.15, -0.1) is 0 Å². The van der Waals surface area contributed by atoms with Gasteiger partial charge in [-0.25, -0.2) is 4.79 Å². The minimum absolute atomic E-state index is 0.0119. The van der Waals surface area contributed by atoms with Gasteiger partial charge in [-0.05, 0) is 13.8 Å². The molecule has 1 amide bonds. The Labute approximate surface area is 124 Å². The third kappa shape index (κ3) is 2.89. The Morgan fingerprint density at radius 3 is 2.71 bits per heavy atom. The van der Waals surface area contributed by atoms with Crippen LogP contribution >= 0.6 is 11.6 Å². The van der Waals surface area contributed by atoms with Gasteiger partial charge in [0.15, 0.2) is 0 Å². The second-order valence-corrected chi connectivity index (χ2v) is 5.00. The van der Waals surface area contributed by atoms with E-state index in [0.717, 1.165) is 6.07 Å². The fraction of sp³-hybridized carbons (Fsp3) is 0.333. The van der Waals surface area contributed by atoms with Crippen molar-refractivity contribution in [2.75, 3.05) is 17.2 Å². The van der Waals surface area contributed by atoms with Crippen molar-refractivity contribution in [2.45, 2.75) is 20.0 Å². The number of hydrogen-bond acceptors (Lipinski definition) is 6. The summed E-state index contributed by atoms with van der Waals surface area (Å²) in [7, 11) is 0. The van der Waals surface area contributed by atoms with Crippen LogP contribution in [0.1, 0.15) is 24.2 Å². The number of carbonyl (C=O) groups is 2. The maximum absolute atomic E-state index is 12.0. The number of nitro groups is 1. The molecule has 1 aliphatic rings. The molecule has 1 heterocycles. The zero-order chi connectivity index (χ0) is 15.7. The third-order valence-electron chi connectivity index (χ3n) is 2.69. The van der Waals surface area contributed by atoms with Gasteiger partial charge in [0.1, 0.15) is 5.69 Å². The summed E-state index contributed by atoms with van der Waals surface area (Å²) in [5.74, 6) is -1.20. The molecule has 0 unspecified atom stereocenters. The lowest BCUT2D eigenvalue weighted by Gasteiger charge is -2.21. The monoisotopic (exact) mass is 313 g/mol. The number of halogens is 1. The first-order valence-corrected chi connectivity index (χ1v) is 6.44. The minimum Gasteiger partial charge on any atom is -0.459 e. The Hall–Kier alpha value is -2.35. The number of nitrogens with zero attached hydrogens (tertiary/aromatic N) is 1. The van der Waals surface area contributed by atoms with E-state index in [2.05, 4.69) is 10.6 Å². The van der Waals surface area contributed by atoms with E-state index in [9.17, 15) is 19.7 Å². The second-order valence-electron chi connectivity index (χ2n) is 4.62. The van der Waals surface area contributed by atoms with Gasteiger partial charge in [-0.1, -0.05) is 11.6 Å². The van der Waals surface area contributed by atoms with E-state index >= 15 is 0 Å². The molecule has 9 heteroatoms. The first-order valence-electron chi connectivity index (χ1n) is 6.06. The molecule has 0 spiro atoms. The molecule has 0 saturated carbocycles. The Morgan fingerprint density at radius 2 is 2.14 bits per heavy atom. The number of esters is 1. The van der Waals surface area contributed by atoms with Crippen LogP contribution in [0.5, 0.6) is 0 Å². The molecule has 2 N–H and O–H groups in total. The van der Waals surface area contributed by atoms with Crippen LogP contribution in [0.2, 0.25) is 5.02 Å². The summed E-state index contributed by atoms with van der Waals surface area (Å²) in [6.45, 7) is 3.17. The highest BCUT2D eigenvalue weighted by atomic mass is 35.5. The van der Waals surface area contributed by atoms with E-state index in [0.29, 0.717) is 0 Å². The van der Waals surface area contributed by atoms with Crippen LogP contribution in [-0.2, 0) is 9.53 Å². The van der Waals surface area contributed by atoms with E-state index in [4.69, 9.17) is 16.3 Å². The van der Waals surface area contributed by atoms with E-state index in [1.165, 1.54) is 0 Å². The number of nitro benzene ring substituents is 1. The highest BCUT2D eigenvalue weighted by Crippen LogP contribution is 2.42. The lowest BCUT2D eigenvalue weighted by Crippen LogP contribution is -2.28. The molecular weight excluding hydrogens is 302 g/mol. The third-order valence-corrected chi connectivity index (χ3v) is 3.09. The van der Waals surface area contributed by atoms with Gasteiger partial charge in [0.25, 0.3) is 5.69 Å². The zero-order valence-corrected chi connectivity index (χ0v) is 12.0. The SMILES string of the molecule is CC(C)OC(=O)c1cc([N+](=O)[O-])c2c(c1Cl)NC(=O)CN2. The van der Waals surface area contributed by atoms with Crippen molar-refractivity contribution in [2.24, 2.45) is 0 Å². The molecule has 0 radical (unpaired) electrons. The molecule has 1 aromatic rings. The number of benzene rings is 1. The molecule has 1 aliphatic heterocycles. The van der Waals surface area contributed by atoms with E-state index in [1.54, 1.807) is 13.8 Å². The number of rotatable bonds is 3. The number of fused-ring (bicyclic) bond motifs is 1. The Bertz CT molecular complexity index is 644. The van der Waals surface area contributed by atoms with Crippen LogP contribution in [0.3, 0.4) is 0 Å². The van der Waals surface area contributed by atoms with E-state index < -0.39 is 22.9 Å². The summed E-state index contributed by atoms with van der Waals surface area (Å²) >= 11 is 6.07. The Kier molecular flexibility index (Phi) is 3.99. The molecule has 0 aromatic heterocycles. The van der Waals surface area contributed by atoms with Crippen LogP contribution in [0.4, 0.5) is 17.1 Å². The van der Waals surface area contributed by atoms with Crippen molar-refractivity contribution in [3.05, 3.63) is 26.8 Å². The number of anilines is 2. The smallest absolute Gasteiger partial charge is 0.340 e. The summed E-state index contributed by atoms with van der Waals surface area (Å²) in [5, 5.41) is 16.1. The number of nitrogens with one attached hydrogen (secondary N) is 2. The maximum Gasteiger partial charge on any atom is 0.340 e. The summed E-state index contributed by atoms with van der Waals surface area (Å²) < 4.78 is 4.99. The van der Waals surface area contributed by atoms with Crippen LogP contribution in [0, 0.1) is 10.1 Å². The molecule has 21 heavy (non-hydrogen) atoms. The topological polar surface area (TPSA) is 111 Å². The van der Waals surface area contributed by atoms with Crippen LogP contribution in [0.25, 0.3) is 0 Å². The maximum atomic E-state index is 12.0. The molecule has 0 aliphatic carbocycles. The summed E-state index contributed by atoms with van der Waals surface area (Å²) in [5.41, 5.74) is -0.437. The molecule has 0 bridgehead atoms. The van der Waals surface area contributed by atoms with Gasteiger partial charge in [-0.3, -0.25) is 14.9 Å². The molecule has 0 atom stereocenters. The van der Waals surface area contributed by atoms with Crippen LogP contribution < -0.4 is 10.6 Å². The second kappa shape index (κ2) is 5.57. The van der Waals surface area contributed by atoms with Crippen molar-refractivity contribution in [1.82, 2.24) is 0 Å². The summed E-state index contributed by atoms with van der Waals surface area (Å²) in [6, 6.07) is 1.04. The Balaban J connectivity index is 2.60. The van der Waals surface area contributed by atoms with Crippen LogP contribution in [-0.4, -0.2) is 29.4 Å². The number of ether oxygens (including phenoxy) is 1. The minimum atomic E-state index is -0.791. The zero-order valence-electron chi connectivity index (χ0n) is 11.2. The van der Waals surface area contributed by atoms with Crippen molar-refractivity contribution in [3.63, 3.8) is 0 Å². The van der Waals surface area contributed by atoms with Crippen molar-refractivity contribution >= 4 is 40.5 Å². The largest absolute Gasteiger partial charge is 0.459 e. The van der Waals surface area contributed by atoms with E-state index in [-0.39, 0.29) is 34.2 Å². The molecular formula is C12H12ClN3O5. The Morgan fingerprint density at radius 1 is 1.48 bits per heavy atom. The summed E-state index contributed by atoms with van der Waals surface area (Å²) in [4.78, 5) is 33.8. The first kappa shape index (κ1) is 15.0. The molecule has 2 rings (SSSR count). The van der Waals surface area contributed by atoms with Gasteiger partial charge < -0.3 is 15.4 Å². The van der Waals surface area contributed by atoms with Crippen molar-refractivity contribution < 1.29 is 19.2 Å². The highest BCUT2D eigenvalue weighted by molar-refractivity contribution is 6.38. The molecule has 112 valence electrons. The van der Waals surface area contributed by atoms with Crippen molar-refractivity contribution in [3.8, 4) is 0 Å². The van der Waals surface area contributed by atoms with Gasteiger partial charge in [0.2, 0.25) is 5.91 Å². The molecule has 0 fully saturated rings. The lowest BCUT2D eigenvalue weighted by molar-refractivity contribution is -0.383. The molecule has 8 nitrogen and oxygen atoms in total. The van der Waals surface area contributed by atoms with Crippen molar-refractivity contribution in [1.29, 1.82) is 0 Å². The average molecular weight is 314 g/mol. The normalized spacial score (nSPS) is 13.2. The standard InChI is InChI=1S/C12H12ClN3O5/c1-5(2)21-12(18)6-3-7(16(19)20)10-11(9(6)13)15-8(17)4-14-10/h3,5,14H,4H2,1-2H3,(H,15,17). The predicted octanol–water partition coefficient (Wildman–Crippen LogP) is 2.18. The summed E-state index contributed by atoms with van der Waals surface area (Å²) in [6.07, 6.45) is -0.406. The van der Waals surface area contributed by atoms with Gasteiger partial charge in [0.05, 0.1) is 33.8 Å². The fourth-order valence-corrected chi connectivity index (χ4v) is 2.14. The predicted molar refractivity (Wildman–Crippen MR) is 75.8 cm³/mol. The van der Waals surface area contributed by atoms with Crippen LogP contribution in [0.15, 0.2) is 6.07 Å². The van der Waals surface area contributed by atoms with E-state index in [1.807, 2.05) is 0 Å². The molecule has 1 aromatic carbocycles. The lowest BCUT2D eigenvalue weighted by atomic mass is 10.1. The first-order chi connectivity index (χ1) is 9.81. The number of hydrogen-bond donors (Lipinski definition) is 2. The van der Waals surface area contributed by atoms with Gasteiger partial charge >= 0.3 is 5.97 Å². The average Bonchev–Trinajstić information content (AvgIpc) is 2.38. The highest BCUT2D eigenvalue weighted by Gasteiger charge is 2.31. The number of amides is 1. The quantitative estimate of drug-likeness (QED) is 0.502. The van der Waals surface area contributed by atoms with Gasteiger partial charge in [-0.2, -0.15) is 0 Å². The molecule has 0 saturated heterocycles. The number of carbonyl (C=O) groups excluding carboxylic acids is 2. The van der Waals surface area contributed by atoms with Gasteiger partial charge in [0, 0.05) is 6.07 Å².